The highest BCUT2D eigenvalue weighted by molar-refractivity contribution is 6.30. The Hall–Kier alpha value is -0.310. The van der Waals surface area contributed by atoms with Crippen molar-refractivity contribution in [1.29, 1.82) is 0 Å². The molecule has 0 spiro atoms. The molecule has 4 heteroatoms. The van der Waals surface area contributed by atoms with E-state index in [2.05, 4.69) is 5.32 Å². The van der Waals surface area contributed by atoms with Crippen LogP contribution in [0.3, 0.4) is 0 Å². The first-order valence-corrected chi connectivity index (χ1v) is 7.25. The zero-order chi connectivity index (χ0) is 13.0. The number of rotatable bonds is 4. The summed E-state index contributed by atoms with van der Waals surface area (Å²) in [6.45, 7) is 1.67. The lowest BCUT2D eigenvalue weighted by molar-refractivity contribution is 0.345. The second kappa shape index (κ2) is 6.74. The molecule has 0 unspecified atom stereocenters. The van der Waals surface area contributed by atoms with Crippen molar-refractivity contribution in [2.45, 2.75) is 37.6 Å². The molecule has 100 valence electrons. The van der Waals surface area contributed by atoms with Gasteiger partial charge in [0.05, 0.1) is 5.02 Å². The molecule has 1 aliphatic rings. The Labute approximate surface area is 118 Å². The quantitative estimate of drug-likeness (QED) is 0.812. The number of hydrogen-bond donors (Lipinski definition) is 1. The minimum atomic E-state index is -0.349. The highest BCUT2D eigenvalue weighted by Crippen LogP contribution is 2.27. The highest BCUT2D eigenvalue weighted by atomic mass is 35.5. The van der Waals surface area contributed by atoms with E-state index < -0.39 is 0 Å². The first-order valence-electron chi connectivity index (χ1n) is 6.44. The molecule has 0 bridgehead atoms. The topological polar surface area (TPSA) is 12.0 Å². The van der Waals surface area contributed by atoms with E-state index in [-0.39, 0.29) is 10.8 Å². The van der Waals surface area contributed by atoms with Crippen LogP contribution >= 0.6 is 23.2 Å². The van der Waals surface area contributed by atoms with Crippen LogP contribution < -0.4 is 5.32 Å². The van der Waals surface area contributed by atoms with E-state index in [9.17, 15) is 4.39 Å². The molecular formula is C14H18Cl2FN. The van der Waals surface area contributed by atoms with Crippen molar-refractivity contribution in [1.82, 2.24) is 5.32 Å². The SMILES string of the molecule is Fc1cc(CNCC2CCC(Cl)CC2)ccc1Cl. The number of benzene rings is 1. The molecule has 1 aliphatic carbocycles. The molecule has 0 saturated heterocycles. The second-order valence-electron chi connectivity index (χ2n) is 5.00. The summed E-state index contributed by atoms with van der Waals surface area (Å²) in [4.78, 5) is 0. The maximum Gasteiger partial charge on any atom is 0.142 e. The molecule has 1 N–H and O–H groups in total. The number of nitrogens with one attached hydrogen (secondary N) is 1. The normalized spacial score (nSPS) is 24.2. The van der Waals surface area contributed by atoms with Crippen LogP contribution in [0.25, 0.3) is 0 Å². The Morgan fingerprint density at radius 1 is 1.22 bits per heavy atom. The lowest BCUT2D eigenvalue weighted by Crippen LogP contribution is -2.26. The third-order valence-corrected chi connectivity index (χ3v) is 4.27. The first kappa shape index (κ1) is 14.1. The third-order valence-electron chi connectivity index (χ3n) is 3.52. The van der Waals surface area contributed by atoms with Crippen LogP contribution in [-0.2, 0) is 6.54 Å². The van der Waals surface area contributed by atoms with Gasteiger partial charge >= 0.3 is 0 Å². The van der Waals surface area contributed by atoms with Crippen molar-refractivity contribution in [3.8, 4) is 0 Å². The van der Waals surface area contributed by atoms with E-state index in [0.717, 1.165) is 24.9 Å². The van der Waals surface area contributed by atoms with Gasteiger partial charge in [-0.25, -0.2) is 4.39 Å². The molecule has 0 amide bonds. The molecule has 1 aromatic carbocycles. The van der Waals surface area contributed by atoms with Gasteiger partial charge in [0.15, 0.2) is 0 Å². The minimum Gasteiger partial charge on any atom is -0.312 e. The van der Waals surface area contributed by atoms with E-state index in [4.69, 9.17) is 23.2 Å². The molecule has 0 aromatic heterocycles. The largest absolute Gasteiger partial charge is 0.312 e. The van der Waals surface area contributed by atoms with Crippen LogP contribution in [0.1, 0.15) is 31.2 Å². The van der Waals surface area contributed by atoms with Crippen molar-refractivity contribution >= 4 is 23.2 Å². The van der Waals surface area contributed by atoms with Crippen LogP contribution in [0.15, 0.2) is 18.2 Å². The van der Waals surface area contributed by atoms with E-state index in [0.29, 0.717) is 17.8 Å². The van der Waals surface area contributed by atoms with Gasteiger partial charge in [-0.3, -0.25) is 0 Å². The van der Waals surface area contributed by atoms with Crippen LogP contribution in [0.4, 0.5) is 4.39 Å². The molecule has 18 heavy (non-hydrogen) atoms. The molecule has 0 heterocycles. The van der Waals surface area contributed by atoms with Crippen LogP contribution in [-0.4, -0.2) is 11.9 Å². The summed E-state index contributed by atoms with van der Waals surface area (Å²) in [5.74, 6) is 0.357. The van der Waals surface area contributed by atoms with E-state index >= 15 is 0 Å². The van der Waals surface area contributed by atoms with Crippen molar-refractivity contribution in [2.24, 2.45) is 5.92 Å². The zero-order valence-corrected chi connectivity index (χ0v) is 11.8. The van der Waals surface area contributed by atoms with Gasteiger partial charge < -0.3 is 5.32 Å². The Bertz CT molecular complexity index is 389. The predicted molar refractivity (Wildman–Crippen MR) is 74.7 cm³/mol. The van der Waals surface area contributed by atoms with Crippen molar-refractivity contribution in [2.75, 3.05) is 6.54 Å². The van der Waals surface area contributed by atoms with E-state index in [1.54, 1.807) is 6.07 Å². The minimum absolute atomic E-state index is 0.180. The molecule has 0 atom stereocenters. The Balaban J connectivity index is 1.73. The molecule has 1 fully saturated rings. The fourth-order valence-corrected chi connectivity index (χ4v) is 2.77. The fraction of sp³-hybridized carbons (Fsp3) is 0.571. The summed E-state index contributed by atoms with van der Waals surface area (Å²) < 4.78 is 13.2. The van der Waals surface area contributed by atoms with Gasteiger partial charge in [0, 0.05) is 11.9 Å². The molecule has 2 rings (SSSR count). The van der Waals surface area contributed by atoms with Crippen molar-refractivity contribution in [3.63, 3.8) is 0 Å². The summed E-state index contributed by atoms with van der Waals surface area (Å²) >= 11 is 11.7. The van der Waals surface area contributed by atoms with Gasteiger partial charge in [0.2, 0.25) is 0 Å². The zero-order valence-electron chi connectivity index (χ0n) is 10.3. The predicted octanol–water partition coefficient (Wildman–Crippen LogP) is 4.37. The fourth-order valence-electron chi connectivity index (χ4n) is 2.40. The average Bonchev–Trinajstić information content (AvgIpc) is 2.36. The van der Waals surface area contributed by atoms with Gasteiger partial charge in [0.1, 0.15) is 5.82 Å². The summed E-state index contributed by atoms with van der Waals surface area (Å²) in [7, 11) is 0. The first-order chi connectivity index (χ1) is 8.65. The third kappa shape index (κ3) is 4.11. The monoisotopic (exact) mass is 289 g/mol. The van der Waals surface area contributed by atoms with E-state index in [1.165, 1.54) is 18.9 Å². The van der Waals surface area contributed by atoms with Crippen molar-refractivity contribution < 1.29 is 4.39 Å². The summed E-state index contributed by atoms with van der Waals surface area (Å²) in [6.07, 6.45) is 4.61. The lowest BCUT2D eigenvalue weighted by Gasteiger charge is -2.25. The average molecular weight is 290 g/mol. The maximum atomic E-state index is 13.2. The van der Waals surface area contributed by atoms with Gasteiger partial charge in [0.25, 0.3) is 0 Å². The number of halogens is 3. The molecule has 0 aliphatic heterocycles. The Morgan fingerprint density at radius 3 is 2.61 bits per heavy atom. The van der Waals surface area contributed by atoms with Gasteiger partial charge in [-0.2, -0.15) is 0 Å². The maximum absolute atomic E-state index is 13.2. The highest BCUT2D eigenvalue weighted by Gasteiger charge is 2.18. The molecule has 1 saturated carbocycles. The van der Waals surface area contributed by atoms with Gasteiger partial charge in [-0.15, -0.1) is 11.6 Å². The number of alkyl halides is 1. The summed E-state index contributed by atoms with van der Waals surface area (Å²) in [6, 6.07) is 4.95. The lowest BCUT2D eigenvalue weighted by atomic mass is 9.89. The van der Waals surface area contributed by atoms with Crippen LogP contribution in [0, 0.1) is 11.7 Å². The summed E-state index contributed by atoms with van der Waals surface area (Å²) in [5.41, 5.74) is 0.933. The van der Waals surface area contributed by atoms with Crippen LogP contribution in [0.5, 0.6) is 0 Å². The van der Waals surface area contributed by atoms with Crippen molar-refractivity contribution in [3.05, 3.63) is 34.6 Å². The van der Waals surface area contributed by atoms with Gasteiger partial charge in [-0.05, 0) is 55.8 Å². The Morgan fingerprint density at radius 2 is 1.94 bits per heavy atom. The smallest absolute Gasteiger partial charge is 0.142 e. The second-order valence-corrected chi connectivity index (χ2v) is 6.02. The number of hydrogen-bond acceptors (Lipinski definition) is 1. The van der Waals surface area contributed by atoms with Crippen LogP contribution in [0.2, 0.25) is 5.02 Å². The summed E-state index contributed by atoms with van der Waals surface area (Å²) in [5, 5.41) is 3.93. The van der Waals surface area contributed by atoms with E-state index in [1.807, 2.05) is 6.07 Å². The van der Waals surface area contributed by atoms with Gasteiger partial charge in [-0.1, -0.05) is 17.7 Å². The molecule has 0 radical (unpaired) electrons. The molecule has 1 aromatic rings. The Kier molecular flexibility index (Phi) is 5.28. The molecular weight excluding hydrogens is 272 g/mol. The molecule has 1 nitrogen and oxygen atoms in total. The standard InChI is InChI=1S/C14H18Cl2FN/c15-12-4-1-10(2-5-12)8-18-9-11-3-6-13(16)14(17)7-11/h3,6-7,10,12,18H,1-2,4-5,8-9H2.